The molecule has 1 atom stereocenters. The van der Waals surface area contributed by atoms with E-state index < -0.39 is 0 Å². The van der Waals surface area contributed by atoms with Crippen LogP contribution in [-0.4, -0.2) is 33.9 Å². The maximum Gasteiger partial charge on any atom is 0.233 e. The smallest absolute Gasteiger partial charge is 0.233 e. The Bertz CT molecular complexity index is 737. The molecule has 1 aromatic heterocycles. The van der Waals surface area contributed by atoms with Crippen molar-refractivity contribution in [2.45, 2.75) is 49.9 Å². The first-order chi connectivity index (χ1) is 12.2. The molecule has 1 aliphatic carbocycles. The summed E-state index contributed by atoms with van der Waals surface area (Å²) >= 11 is 3.58. The first-order valence-electron chi connectivity index (χ1n) is 9.24. The number of aromatic nitrogens is 2. The lowest BCUT2D eigenvalue weighted by molar-refractivity contribution is -0.138. The third kappa shape index (κ3) is 3.14. The first kappa shape index (κ1) is 16.8. The van der Waals surface area contributed by atoms with Crippen LogP contribution in [0.5, 0.6) is 0 Å². The summed E-state index contributed by atoms with van der Waals surface area (Å²) in [5.41, 5.74) is 0.832. The van der Waals surface area contributed by atoms with Gasteiger partial charge in [-0.15, -0.1) is 0 Å². The summed E-state index contributed by atoms with van der Waals surface area (Å²) < 4.78 is 1.05. The molecule has 1 aliphatic heterocycles. The molecule has 0 spiro atoms. The molecular weight excluding hydrogens is 378 g/mol. The molecule has 0 radical (unpaired) electrons. The number of hydrogen-bond donors (Lipinski definition) is 1. The van der Waals surface area contributed by atoms with Crippen molar-refractivity contribution in [3.05, 3.63) is 52.5 Å². The number of halogens is 1. The fourth-order valence-electron chi connectivity index (χ4n) is 4.58. The molecule has 4 nitrogen and oxygen atoms in total. The minimum Gasteiger partial charge on any atom is -0.348 e. The highest BCUT2D eigenvalue weighted by molar-refractivity contribution is 9.10. The lowest BCUT2D eigenvalue weighted by Gasteiger charge is -2.39. The van der Waals surface area contributed by atoms with E-state index in [0.717, 1.165) is 61.9 Å². The Labute approximate surface area is 157 Å². The van der Waals surface area contributed by atoms with Crippen LogP contribution in [0.25, 0.3) is 0 Å². The Hall–Kier alpha value is -1.62. The molecule has 2 aliphatic rings. The Kier molecular flexibility index (Phi) is 4.67. The Morgan fingerprint density at radius 3 is 2.84 bits per heavy atom. The summed E-state index contributed by atoms with van der Waals surface area (Å²) in [5.74, 6) is 1.66. The van der Waals surface area contributed by atoms with Gasteiger partial charge in [0, 0.05) is 35.9 Å². The van der Waals surface area contributed by atoms with Gasteiger partial charge in [-0.3, -0.25) is 4.79 Å². The molecule has 25 heavy (non-hydrogen) atoms. The average Bonchev–Trinajstić information content (AvgIpc) is 3.34. The first-order valence-corrected chi connectivity index (χ1v) is 10.0. The van der Waals surface area contributed by atoms with E-state index in [-0.39, 0.29) is 5.41 Å². The van der Waals surface area contributed by atoms with Crippen LogP contribution >= 0.6 is 15.9 Å². The summed E-state index contributed by atoms with van der Waals surface area (Å²) in [4.78, 5) is 23.4. The average molecular weight is 402 g/mol. The molecule has 0 bridgehead atoms. The van der Waals surface area contributed by atoms with Gasteiger partial charge in [0.05, 0.1) is 5.41 Å². The number of benzene rings is 1. The number of H-pyrrole nitrogens is 1. The number of carbonyl (C=O) groups excluding carboxylic acids is 1. The largest absolute Gasteiger partial charge is 0.348 e. The number of imidazole rings is 1. The number of hydrogen-bond acceptors (Lipinski definition) is 2. The second kappa shape index (κ2) is 6.94. The van der Waals surface area contributed by atoms with Crippen LogP contribution in [0.3, 0.4) is 0 Å². The van der Waals surface area contributed by atoms with Crippen LogP contribution in [0.15, 0.2) is 41.1 Å². The third-order valence-corrected chi connectivity index (χ3v) is 6.35. The van der Waals surface area contributed by atoms with E-state index >= 15 is 0 Å². The molecule has 1 aromatic carbocycles. The van der Waals surface area contributed by atoms with Gasteiger partial charge in [0.15, 0.2) is 0 Å². The Morgan fingerprint density at radius 2 is 2.12 bits per heavy atom. The monoisotopic (exact) mass is 401 g/mol. The Morgan fingerprint density at radius 1 is 1.28 bits per heavy atom. The van der Waals surface area contributed by atoms with E-state index in [2.05, 4.69) is 49.0 Å². The number of rotatable bonds is 3. The summed E-state index contributed by atoms with van der Waals surface area (Å²) in [6.45, 7) is 1.65. The van der Waals surface area contributed by atoms with Gasteiger partial charge in [0.25, 0.3) is 0 Å². The number of amides is 1. The van der Waals surface area contributed by atoms with E-state index in [0.29, 0.717) is 11.8 Å². The molecule has 2 aromatic rings. The summed E-state index contributed by atoms with van der Waals surface area (Å²) in [6.07, 6.45) is 10.0. The summed E-state index contributed by atoms with van der Waals surface area (Å²) in [7, 11) is 0. The van der Waals surface area contributed by atoms with Crippen molar-refractivity contribution in [1.82, 2.24) is 14.9 Å². The van der Waals surface area contributed by atoms with Crippen LogP contribution in [0, 0.1) is 0 Å². The SMILES string of the molecule is O=C(N1CCCC(c2ncc[nH]2)C1)C1(c2cccc(Br)c2)CCCC1. The van der Waals surface area contributed by atoms with E-state index in [9.17, 15) is 4.79 Å². The maximum atomic E-state index is 13.6. The second-order valence-corrected chi connectivity index (χ2v) is 8.28. The number of carbonyl (C=O) groups is 1. The van der Waals surface area contributed by atoms with Gasteiger partial charge in [-0.1, -0.05) is 40.9 Å². The highest BCUT2D eigenvalue weighted by Gasteiger charge is 2.45. The second-order valence-electron chi connectivity index (χ2n) is 7.36. The number of likely N-dealkylation sites (tertiary alicyclic amines) is 1. The quantitative estimate of drug-likeness (QED) is 0.828. The van der Waals surface area contributed by atoms with Crippen LogP contribution in [-0.2, 0) is 10.2 Å². The molecule has 2 heterocycles. The van der Waals surface area contributed by atoms with Gasteiger partial charge >= 0.3 is 0 Å². The highest BCUT2D eigenvalue weighted by Crippen LogP contribution is 2.44. The molecule has 2 fully saturated rings. The van der Waals surface area contributed by atoms with Crippen molar-refractivity contribution >= 4 is 21.8 Å². The van der Waals surface area contributed by atoms with Crippen LogP contribution < -0.4 is 0 Å². The lowest BCUT2D eigenvalue weighted by atomic mass is 9.77. The van der Waals surface area contributed by atoms with Crippen molar-refractivity contribution in [2.24, 2.45) is 0 Å². The van der Waals surface area contributed by atoms with Crippen LogP contribution in [0.4, 0.5) is 0 Å². The molecular formula is C20H24BrN3O. The zero-order valence-corrected chi connectivity index (χ0v) is 16.0. The van der Waals surface area contributed by atoms with Gasteiger partial charge in [0.2, 0.25) is 5.91 Å². The predicted octanol–water partition coefficient (Wildman–Crippen LogP) is 4.39. The molecule has 1 saturated heterocycles. The minimum absolute atomic E-state index is 0.319. The van der Waals surface area contributed by atoms with E-state index in [1.54, 1.807) is 6.20 Å². The van der Waals surface area contributed by atoms with Crippen LogP contribution in [0.1, 0.15) is 55.8 Å². The normalized spacial score (nSPS) is 22.9. The van der Waals surface area contributed by atoms with Crippen molar-refractivity contribution in [1.29, 1.82) is 0 Å². The zero-order valence-electron chi connectivity index (χ0n) is 14.4. The number of piperidine rings is 1. The fourth-order valence-corrected chi connectivity index (χ4v) is 4.98. The standard InChI is InChI=1S/C20H24BrN3O/c21-17-7-3-6-16(13-17)20(8-1-2-9-20)19(25)24-12-4-5-15(14-24)18-22-10-11-23-18/h3,6-7,10-11,13,15H,1-2,4-5,8-9,12,14H2,(H,22,23). The van der Waals surface area contributed by atoms with Crippen molar-refractivity contribution in [2.75, 3.05) is 13.1 Å². The topological polar surface area (TPSA) is 49.0 Å². The fraction of sp³-hybridized carbons (Fsp3) is 0.500. The molecule has 5 heteroatoms. The molecule has 4 rings (SSSR count). The summed E-state index contributed by atoms with van der Waals surface area (Å²) in [6, 6.07) is 8.35. The van der Waals surface area contributed by atoms with E-state index in [1.165, 1.54) is 5.56 Å². The van der Waals surface area contributed by atoms with Gasteiger partial charge < -0.3 is 9.88 Å². The van der Waals surface area contributed by atoms with Crippen molar-refractivity contribution in [3.8, 4) is 0 Å². The molecule has 132 valence electrons. The van der Waals surface area contributed by atoms with Gasteiger partial charge in [-0.05, 0) is 43.4 Å². The van der Waals surface area contributed by atoms with Crippen molar-refractivity contribution < 1.29 is 4.79 Å². The Balaban J connectivity index is 1.61. The van der Waals surface area contributed by atoms with Crippen LogP contribution in [0.2, 0.25) is 0 Å². The molecule has 1 N–H and O–H groups in total. The maximum absolute atomic E-state index is 13.6. The van der Waals surface area contributed by atoms with Gasteiger partial charge in [0.1, 0.15) is 5.82 Å². The third-order valence-electron chi connectivity index (χ3n) is 5.86. The minimum atomic E-state index is -0.338. The van der Waals surface area contributed by atoms with Gasteiger partial charge in [-0.25, -0.2) is 4.98 Å². The number of nitrogens with one attached hydrogen (secondary N) is 1. The van der Waals surface area contributed by atoms with E-state index in [1.807, 2.05) is 12.3 Å². The number of aromatic amines is 1. The van der Waals surface area contributed by atoms with Crippen molar-refractivity contribution in [3.63, 3.8) is 0 Å². The number of nitrogens with zero attached hydrogens (tertiary/aromatic N) is 2. The molecule has 1 amide bonds. The molecule has 1 unspecified atom stereocenters. The highest BCUT2D eigenvalue weighted by atomic mass is 79.9. The lowest BCUT2D eigenvalue weighted by Crippen LogP contribution is -2.49. The van der Waals surface area contributed by atoms with E-state index in [4.69, 9.17) is 0 Å². The molecule has 1 saturated carbocycles. The predicted molar refractivity (Wildman–Crippen MR) is 101 cm³/mol. The van der Waals surface area contributed by atoms with Gasteiger partial charge in [-0.2, -0.15) is 0 Å². The summed E-state index contributed by atoms with van der Waals surface area (Å²) in [5, 5.41) is 0. The zero-order chi connectivity index (χ0) is 17.3.